The van der Waals surface area contributed by atoms with Gasteiger partial charge in [0, 0.05) is 5.23 Å². The SMILES string of the molecule is CCCCCCCCCCCCCCCCCCCCCCCCC(C)C(=O)ON(CCCCCN)OC(=O)C(C)CCCCCCCCCCCCCCCCCCCCCCCC.[NaH]. The van der Waals surface area contributed by atoms with Crippen molar-refractivity contribution in [3.63, 3.8) is 0 Å². The first kappa shape index (κ1) is 67.9. The Morgan fingerprint density at radius 2 is 0.530 bits per heavy atom. The van der Waals surface area contributed by atoms with Gasteiger partial charge in [-0.3, -0.25) is 0 Å². The number of carbonyl (C=O) groups excluding carboxylic acids is 2. The standard InChI is InChI=1S/C59H118N2O4.Na.H/c1-5-7-9-11-13-15-17-19-21-23-25-27-29-31-33-35-37-39-41-43-45-48-52-56(3)58(62)64-61(55-51-47-50-54-60)65-59(63)57(4)53-49-46-44-42-40-38-36-34-32-30-28-26-24-22-20-18-16-14-12-10-8-6-2;;/h56-57H,5-55,60H2,1-4H3;;. The topological polar surface area (TPSA) is 81.9 Å². The fourth-order valence-corrected chi connectivity index (χ4v) is 9.41. The van der Waals surface area contributed by atoms with Crippen LogP contribution in [0.25, 0.3) is 0 Å². The molecule has 0 spiro atoms. The molecule has 0 saturated carbocycles. The first-order valence-corrected chi connectivity index (χ1v) is 29.9. The van der Waals surface area contributed by atoms with E-state index in [9.17, 15) is 9.59 Å². The molecule has 0 rings (SSSR count). The maximum atomic E-state index is 13.0. The van der Waals surface area contributed by atoms with Crippen LogP contribution in [-0.4, -0.2) is 59.8 Å². The Bertz CT molecular complexity index is 885. The minimum absolute atomic E-state index is 0. The number of carbonyl (C=O) groups is 2. The molecule has 7 heteroatoms. The third-order valence-corrected chi connectivity index (χ3v) is 14.2. The molecule has 0 aliphatic heterocycles. The van der Waals surface area contributed by atoms with E-state index in [0.717, 1.165) is 57.8 Å². The second-order valence-electron chi connectivity index (χ2n) is 21.0. The van der Waals surface area contributed by atoms with E-state index in [-0.39, 0.29) is 53.3 Å². The van der Waals surface area contributed by atoms with E-state index >= 15 is 0 Å². The van der Waals surface area contributed by atoms with Gasteiger partial charge >= 0.3 is 41.5 Å². The molecular formula is C59H119N2NaO4. The summed E-state index contributed by atoms with van der Waals surface area (Å²) in [5.74, 6) is -1.03. The summed E-state index contributed by atoms with van der Waals surface area (Å²) in [7, 11) is 0. The van der Waals surface area contributed by atoms with E-state index in [4.69, 9.17) is 15.4 Å². The number of hydrogen-bond donors (Lipinski definition) is 1. The van der Waals surface area contributed by atoms with Crippen LogP contribution in [0.1, 0.15) is 342 Å². The summed E-state index contributed by atoms with van der Waals surface area (Å²) in [5.41, 5.74) is 5.70. The second-order valence-corrected chi connectivity index (χ2v) is 21.0. The third-order valence-electron chi connectivity index (χ3n) is 14.2. The Hall–Kier alpha value is -0.140. The van der Waals surface area contributed by atoms with Crippen LogP contribution in [0.3, 0.4) is 0 Å². The predicted molar refractivity (Wildman–Crippen MR) is 291 cm³/mol. The summed E-state index contributed by atoms with van der Waals surface area (Å²) < 4.78 is 0. The van der Waals surface area contributed by atoms with Gasteiger partial charge in [-0.05, 0) is 32.2 Å². The van der Waals surface area contributed by atoms with Crippen molar-refractivity contribution in [3.05, 3.63) is 0 Å². The predicted octanol–water partition coefficient (Wildman–Crippen LogP) is 18.9. The van der Waals surface area contributed by atoms with Gasteiger partial charge in [-0.2, -0.15) is 0 Å². The van der Waals surface area contributed by atoms with E-state index < -0.39 is 0 Å². The molecule has 390 valence electrons. The molecule has 0 aromatic heterocycles. The van der Waals surface area contributed by atoms with Crippen LogP contribution in [0.5, 0.6) is 0 Å². The Morgan fingerprint density at radius 1 is 0.333 bits per heavy atom. The second kappa shape index (κ2) is 57.4. The van der Waals surface area contributed by atoms with Crippen molar-refractivity contribution in [1.29, 1.82) is 0 Å². The number of hydrogen-bond acceptors (Lipinski definition) is 6. The molecular weight excluding hydrogens is 824 g/mol. The fraction of sp³-hybridized carbons (Fsp3) is 0.966. The zero-order chi connectivity index (χ0) is 47.4. The van der Waals surface area contributed by atoms with Gasteiger partial charge in [0.05, 0.1) is 18.4 Å². The summed E-state index contributed by atoms with van der Waals surface area (Å²) in [6.07, 6.45) is 64.7. The molecule has 2 unspecified atom stereocenters. The van der Waals surface area contributed by atoms with Crippen LogP contribution in [0.4, 0.5) is 0 Å². The molecule has 2 atom stereocenters. The first-order chi connectivity index (χ1) is 32.0. The summed E-state index contributed by atoms with van der Waals surface area (Å²) in [6.45, 7) is 9.49. The monoisotopic (exact) mass is 943 g/mol. The van der Waals surface area contributed by atoms with Crippen LogP contribution in [-0.2, 0) is 19.3 Å². The molecule has 0 saturated heterocycles. The van der Waals surface area contributed by atoms with E-state index in [1.165, 1.54) is 262 Å². The van der Waals surface area contributed by atoms with Gasteiger partial charge in [0.25, 0.3) is 0 Å². The fourth-order valence-electron chi connectivity index (χ4n) is 9.41. The Labute approximate surface area is 436 Å². The van der Waals surface area contributed by atoms with Gasteiger partial charge in [0.15, 0.2) is 0 Å². The molecule has 0 heterocycles. The van der Waals surface area contributed by atoms with E-state index in [1.54, 1.807) is 0 Å². The van der Waals surface area contributed by atoms with Gasteiger partial charge in [-0.1, -0.05) is 317 Å². The van der Waals surface area contributed by atoms with Crippen molar-refractivity contribution in [3.8, 4) is 0 Å². The van der Waals surface area contributed by atoms with Crippen LogP contribution in [0.2, 0.25) is 0 Å². The maximum absolute atomic E-state index is 13.0. The van der Waals surface area contributed by atoms with Crippen LogP contribution < -0.4 is 5.73 Å². The molecule has 0 radical (unpaired) electrons. The van der Waals surface area contributed by atoms with Gasteiger partial charge in [0.2, 0.25) is 0 Å². The van der Waals surface area contributed by atoms with Crippen molar-refractivity contribution in [2.75, 3.05) is 13.1 Å². The average molecular weight is 944 g/mol. The van der Waals surface area contributed by atoms with Crippen LogP contribution in [0.15, 0.2) is 0 Å². The molecule has 66 heavy (non-hydrogen) atoms. The Morgan fingerprint density at radius 3 is 0.742 bits per heavy atom. The molecule has 0 aromatic rings. The minimum atomic E-state index is -0.299. The Balaban J connectivity index is 0. The summed E-state index contributed by atoms with van der Waals surface area (Å²) in [5, 5.41) is 1.17. The number of nitrogens with zero attached hydrogens (tertiary/aromatic N) is 1. The third kappa shape index (κ3) is 51.7. The molecule has 2 N–H and O–H groups in total. The van der Waals surface area contributed by atoms with E-state index in [1.807, 2.05) is 13.8 Å². The number of rotatable bonds is 55. The van der Waals surface area contributed by atoms with Crippen molar-refractivity contribution < 1.29 is 19.3 Å². The number of unbranched alkanes of at least 4 members (excludes halogenated alkanes) is 44. The van der Waals surface area contributed by atoms with Crippen molar-refractivity contribution in [2.45, 2.75) is 342 Å². The molecule has 0 aliphatic rings. The number of nitrogens with two attached hydrogens (primary N) is 1. The normalized spacial score (nSPS) is 12.4. The number of hydroxylamine groups is 2. The zero-order valence-corrected chi connectivity index (χ0v) is 44.9. The molecule has 0 bridgehead atoms. The molecule has 0 fully saturated rings. The Kier molecular flexibility index (Phi) is 59.1. The van der Waals surface area contributed by atoms with Crippen molar-refractivity contribution in [1.82, 2.24) is 5.23 Å². The average Bonchev–Trinajstić information content (AvgIpc) is 3.30. The van der Waals surface area contributed by atoms with Gasteiger partial charge in [-0.25, -0.2) is 9.59 Å². The molecule has 0 aromatic carbocycles. The van der Waals surface area contributed by atoms with Crippen molar-refractivity contribution in [2.24, 2.45) is 17.6 Å². The van der Waals surface area contributed by atoms with Gasteiger partial charge in [-0.15, -0.1) is 0 Å². The zero-order valence-electron chi connectivity index (χ0n) is 44.9. The van der Waals surface area contributed by atoms with Crippen LogP contribution in [0, 0.1) is 11.8 Å². The van der Waals surface area contributed by atoms with E-state index in [2.05, 4.69) is 13.8 Å². The van der Waals surface area contributed by atoms with Gasteiger partial charge in [0.1, 0.15) is 0 Å². The van der Waals surface area contributed by atoms with E-state index in [0.29, 0.717) is 13.1 Å². The van der Waals surface area contributed by atoms with Gasteiger partial charge < -0.3 is 15.4 Å². The first-order valence-electron chi connectivity index (χ1n) is 29.9. The summed E-state index contributed by atoms with van der Waals surface area (Å²) in [6, 6.07) is 0. The molecule has 6 nitrogen and oxygen atoms in total. The molecule has 0 aliphatic carbocycles. The molecule has 0 amide bonds. The van der Waals surface area contributed by atoms with Crippen LogP contribution >= 0.6 is 0 Å². The van der Waals surface area contributed by atoms with Crippen molar-refractivity contribution >= 4 is 41.5 Å². The quantitative estimate of drug-likeness (QED) is 0.0372. The summed E-state index contributed by atoms with van der Waals surface area (Å²) in [4.78, 5) is 37.5. The summed E-state index contributed by atoms with van der Waals surface area (Å²) >= 11 is 0.